The Bertz CT molecular complexity index is 716. The van der Waals surface area contributed by atoms with Crippen molar-refractivity contribution in [2.75, 3.05) is 13.7 Å². The molecule has 0 aliphatic rings. The van der Waals surface area contributed by atoms with Crippen LogP contribution < -0.4 is 4.72 Å². The Morgan fingerprint density at radius 1 is 1.14 bits per heavy atom. The summed E-state index contributed by atoms with van der Waals surface area (Å²) in [7, 11) is -2.03. The molecule has 0 aromatic heterocycles. The lowest BCUT2D eigenvalue weighted by Crippen LogP contribution is -2.35. The zero-order valence-corrected chi connectivity index (χ0v) is 15.7. The molecule has 1 atom stereocenters. The fourth-order valence-corrected chi connectivity index (χ4v) is 4.00. The fraction of sp³-hybridized carbons (Fsp3) is 0.375. The quantitative estimate of drug-likeness (QED) is 0.844. The van der Waals surface area contributed by atoms with Gasteiger partial charge in [0, 0.05) is 23.0 Å². The number of nitrogens with one attached hydrogen (secondary N) is 1. The molecule has 1 N–H and O–H groups in total. The zero-order valence-electron chi connectivity index (χ0n) is 13.3. The maximum Gasteiger partial charge on any atom is 0.241 e. The van der Waals surface area contributed by atoms with Crippen LogP contribution >= 0.6 is 15.9 Å². The third-order valence-electron chi connectivity index (χ3n) is 2.89. The Kier molecular flexibility index (Phi) is 7.48. The maximum atomic E-state index is 12.5. The van der Waals surface area contributed by atoms with Gasteiger partial charge in [-0.05, 0) is 24.4 Å². The molecular formula is C16H22BrNO3S. The summed E-state index contributed by atoms with van der Waals surface area (Å²) < 4.78 is 33.4. The van der Waals surface area contributed by atoms with Crippen molar-refractivity contribution in [1.82, 2.24) is 4.72 Å². The molecule has 0 aliphatic heterocycles. The van der Waals surface area contributed by atoms with Gasteiger partial charge in [0.05, 0.1) is 11.5 Å². The standard InChI is InChI=1S/C14H16BrNO3S.C2H6/c1-10(9-19-2)16-20(17,18)14-8-7-13(15)11-5-3-4-6-12(11)14;1-2/h3-8,10,16H,9H2,1-2H3;1-2H3. The molecular weight excluding hydrogens is 366 g/mol. The molecule has 0 radical (unpaired) electrons. The van der Waals surface area contributed by atoms with Crippen molar-refractivity contribution in [3.8, 4) is 0 Å². The van der Waals surface area contributed by atoms with Gasteiger partial charge in [0.15, 0.2) is 0 Å². The Labute approximate surface area is 141 Å². The van der Waals surface area contributed by atoms with Crippen LogP contribution in [0.2, 0.25) is 0 Å². The summed E-state index contributed by atoms with van der Waals surface area (Å²) >= 11 is 3.44. The number of ether oxygens (including phenoxy) is 1. The fourth-order valence-electron chi connectivity index (χ4n) is 2.08. The molecule has 1 unspecified atom stereocenters. The summed E-state index contributed by atoms with van der Waals surface area (Å²) in [6, 6.07) is 10.5. The minimum absolute atomic E-state index is 0.277. The van der Waals surface area contributed by atoms with Crippen LogP contribution in [-0.2, 0) is 14.8 Å². The van der Waals surface area contributed by atoms with Crippen LogP contribution in [0.25, 0.3) is 10.8 Å². The molecule has 0 saturated carbocycles. The average molecular weight is 388 g/mol. The molecule has 2 aromatic carbocycles. The van der Waals surface area contributed by atoms with Gasteiger partial charge in [-0.25, -0.2) is 13.1 Å². The minimum Gasteiger partial charge on any atom is -0.383 e. The number of fused-ring (bicyclic) bond motifs is 1. The van der Waals surface area contributed by atoms with Crippen LogP contribution in [0, 0.1) is 0 Å². The van der Waals surface area contributed by atoms with E-state index < -0.39 is 10.0 Å². The molecule has 0 heterocycles. The molecule has 0 fully saturated rings. The highest BCUT2D eigenvalue weighted by molar-refractivity contribution is 9.10. The van der Waals surface area contributed by atoms with E-state index >= 15 is 0 Å². The molecule has 0 saturated heterocycles. The predicted molar refractivity (Wildman–Crippen MR) is 94.7 cm³/mol. The Morgan fingerprint density at radius 3 is 2.32 bits per heavy atom. The highest BCUT2D eigenvalue weighted by atomic mass is 79.9. The summed E-state index contributed by atoms with van der Waals surface area (Å²) in [5.41, 5.74) is 0. The lowest BCUT2D eigenvalue weighted by Gasteiger charge is -2.15. The highest BCUT2D eigenvalue weighted by Gasteiger charge is 2.20. The second kappa shape index (κ2) is 8.62. The SMILES string of the molecule is CC.COCC(C)NS(=O)(=O)c1ccc(Br)c2ccccc12. The summed E-state index contributed by atoms with van der Waals surface area (Å²) in [5, 5.41) is 1.56. The first kappa shape index (κ1) is 19.1. The van der Waals surface area contributed by atoms with Gasteiger partial charge in [-0.15, -0.1) is 0 Å². The van der Waals surface area contributed by atoms with Crippen molar-refractivity contribution in [3.05, 3.63) is 40.9 Å². The molecule has 2 aromatic rings. The molecule has 22 heavy (non-hydrogen) atoms. The van der Waals surface area contributed by atoms with Gasteiger partial charge < -0.3 is 4.74 Å². The van der Waals surface area contributed by atoms with Crippen LogP contribution in [0.4, 0.5) is 0 Å². The van der Waals surface area contributed by atoms with E-state index in [-0.39, 0.29) is 10.9 Å². The van der Waals surface area contributed by atoms with Gasteiger partial charge >= 0.3 is 0 Å². The smallest absolute Gasteiger partial charge is 0.241 e. The lowest BCUT2D eigenvalue weighted by molar-refractivity contribution is 0.180. The number of sulfonamides is 1. The normalized spacial score (nSPS) is 12.6. The number of rotatable bonds is 5. The summed E-state index contributed by atoms with van der Waals surface area (Å²) in [6.07, 6.45) is 0. The van der Waals surface area contributed by atoms with Gasteiger partial charge in [-0.3, -0.25) is 0 Å². The van der Waals surface area contributed by atoms with E-state index in [1.807, 2.05) is 32.0 Å². The van der Waals surface area contributed by atoms with Crippen molar-refractivity contribution in [2.24, 2.45) is 0 Å². The number of halogens is 1. The van der Waals surface area contributed by atoms with E-state index in [1.165, 1.54) is 0 Å². The van der Waals surface area contributed by atoms with Crippen molar-refractivity contribution in [2.45, 2.75) is 31.7 Å². The van der Waals surface area contributed by atoms with Crippen molar-refractivity contribution >= 4 is 36.7 Å². The third kappa shape index (κ3) is 4.52. The molecule has 0 amide bonds. The second-order valence-corrected chi connectivity index (χ2v) is 7.11. The van der Waals surface area contributed by atoms with Gasteiger partial charge in [0.25, 0.3) is 0 Å². The molecule has 2 rings (SSSR count). The van der Waals surface area contributed by atoms with Crippen molar-refractivity contribution < 1.29 is 13.2 Å². The van der Waals surface area contributed by atoms with E-state index in [4.69, 9.17) is 4.74 Å². The largest absolute Gasteiger partial charge is 0.383 e. The van der Waals surface area contributed by atoms with E-state index in [0.29, 0.717) is 12.0 Å². The maximum absolute atomic E-state index is 12.5. The Balaban J connectivity index is 0.00000116. The van der Waals surface area contributed by atoms with E-state index in [0.717, 1.165) is 9.86 Å². The van der Waals surface area contributed by atoms with Gasteiger partial charge in [-0.2, -0.15) is 0 Å². The molecule has 6 heteroatoms. The molecule has 4 nitrogen and oxygen atoms in total. The molecule has 122 valence electrons. The van der Waals surface area contributed by atoms with Crippen LogP contribution in [0.3, 0.4) is 0 Å². The van der Waals surface area contributed by atoms with Crippen molar-refractivity contribution in [1.29, 1.82) is 0 Å². The van der Waals surface area contributed by atoms with Gasteiger partial charge in [0.2, 0.25) is 10.0 Å². The average Bonchev–Trinajstić information content (AvgIpc) is 2.49. The first-order chi connectivity index (χ1) is 10.5. The van der Waals surface area contributed by atoms with Crippen LogP contribution in [0.1, 0.15) is 20.8 Å². The van der Waals surface area contributed by atoms with Crippen LogP contribution in [-0.4, -0.2) is 28.2 Å². The summed E-state index contributed by atoms with van der Waals surface area (Å²) in [6.45, 7) is 6.09. The predicted octanol–water partition coefficient (Wildman–Crippen LogP) is 3.94. The minimum atomic E-state index is -3.58. The third-order valence-corrected chi connectivity index (χ3v) is 5.23. The Hall–Kier alpha value is -0.950. The molecule has 0 aliphatic carbocycles. The molecule has 0 bridgehead atoms. The monoisotopic (exact) mass is 387 g/mol. The summed E-state index contributed by atoms with van der Waals surface area (Å²) in [4.78, 5) is 0.277. The van der Waals surface area contributed by atoms with Gasteiger partial charge in [0.1, 0.15) is 0 Å². The lowest BCUT2D eigenvalue weighted by atomic mass is 10.1. The van der Waals surface area contributed by atoms with E-state index in [9.17, 15) is 8.42 Å². The van der Waals surface area contributed by atoms with E-state index in [1.54, 1.807) is 32.2 Å². The summed E-state index contributed by atoms with van der Waals surface area (Å²) in [5.74, 6) is 0. The van der Waals surface area contributed by atoms with Crippen molar-refractivity contribution in [3.63, 3.8) is 0 Å². The van der Waals surface area contributed by atoms with Crippen LogP contribution in [0.5, 0.6) is 0 Å². The number of benzene rings is 2. The van der Waals surface area contributed by atoms with Crippen LogP contribution in [0.15, 0.2) is 45.8 Å². The first-order valence-corrected chi connectivity index (χ1v) is 9.42. The first-order valence-electron chi connectivity index (χ1n) is 7.14. The van der Waals surface area contributed by atoms with Gasteiger partial charge in [-0.1, -0.05) is 54.0 Å². The Morgan fingerprint density at radius 2 is 1.73 bits per heavy atom. The van der Waals surface area contributed by atoms with E-state index in [2.05, 4.69) is 20.7 Å². The number of hydrogen-bond donors (Lipinski definition) is 1. The second-order valence-electron chi connectivity index (χ2n) is 4.57. The highest BCUT2D eigenvalue weighted by Crippen LogP contribution is 2.29. The molecule has 0 spiro atoms. The number of methoxy groups -OCH3 is 1. The topological polar surface area (TPSA) is 55.4 Å². The zero-order chi connectivity index (χ0) is 16.8. The number of hydrogen-bond acceptors (Lipinski definition) is 3.